The Hall–Kier alpha value is -3.02. The Kier molecular flexibility index (Phi) is 7.23. The molecule has 0 spiro atoms. The van der Waals surface area contributed by atoms with Crippen LogP contribution < -0.4 is 14.8 Å². The number of hydrogen-bond acceptors (Lipinski definition) is 5. The van der Waals surface area contributed by atoms with Gasteiger partial charge in [0.2, 0.25) is 0 Å². The highest BCUT2D eigenvalue weighted by Gasteiger charge is 2.26. The summed E-state index contributed by atoms with van der Waals surface area (Å²) >= 11 is 0. The van der Waals surface area contributed by atoms with Crippen LogP contribution in [0, 0.1) is 5.92 Å². The average molecular weight is 371 g/mol. The third-order valence-electron chi connectivity index (χ3n) is 3.99. The van der Waals surface area contributed by atoms with Crippen molar-refractivity contribution in [3.8, 4) is 11.5 Å². The Morgan fingerprint density at radius 1 is 0.889 bits per heavy atom. The maximum Gasteiger partial charge on any atom is 0.311 e. The topological polar surface area (TPSA) is 73.9 Å². The van der Waals surface area contributed by atoms with Gasteiger partial charge in [-0.1, -0.05) is 26.0 Å². The fraction of sp³-hybridized carbons (Fsp3) is 0.333. The predicted octanol–water partition coefficient (Wildman–Crippen LogP) is 3.45. The number of esters is 1. The number of hydrogen-bond donors (Lipinski definition) is 1. The van der Waals surface area contributed by atoms with E-state index >= 15 is 0 Å². The normalized spacial score (nSPS) is 11.6. The van der Waals surface area contributed by atoms with Crippen LogP contribution >= 0.6 is 0 Å². The molecule has 0 aromatic heterocycles. The molecule has 0 bridgehead atoms. The van der Waals surface area contributed by atoms with E-state index in [1.165, 1.54) is 0 Å². The number of benzene rings is 2. The molecule has 27 heavy (non-hydrogen) atoms. The van der Waals surface area contributed by atoms with Crippen molar-refractivity contribution in [3.63, 3.8) is 0 Å². The lowest BCUT2D eigenvalue weighted by Crippen LogP contribution is -2.37. The maximum absolute atomic E-state index is 12.5. The second-order valence-corrected chi connectivity index (χ2v) is 6.40. The minimum Gasteiger partial charge on any atom is -0.497 e. The van der Waals surface area contributed by atoms with Crippen molar-refractivity contribution in [1.29, 1.82) is 0 Å². The van der Waals surface area contributed by atoms with Gasteiger partial charge in [0.1, 0.15) is 11.5 Å². The van der Waals surface area contributed by atoms with E-state index in [1.807, 2.05) is 13.8 Å². The van der Waals surface area contributed by atoms with Crippen LogP contribution in [0.5, 0.6) is 11.5 Å². The van der Waals surface area contributed by atoms with Gasteiger partial charge >= 0.3 is 5.97 Å². The number of carbonyl (C=O) groups excluding carboxylic acids is 2. The maximum atomic E-state index is 12.5. The smallest absolute Gasteiger partial charge is 0.311 e. The first kappa shape index (κ1) is 20.3. The minimum atomic E-state index is -0.877. The Labute approximate surface area is 159 Å². The summed E-state index contributed by atoms with van der Waals surface area (Å²) in [6.07, 6.45) is -0.791. The van der Waals surface area contributed by atoms with E-state index in [4.69, 9.17) is 14.2 Å². The van der Waals surface area contributed by atoms with Crippen LogP contribution in [0.2, 0.25) is 0 Å². The van der Waals surface area contributed by atoms with E-state index in [9.17, 15) is 9.59 Å². The molecular formula is C21H25NO5. The molecule has 6 heteroatoms. The number of methoxy groups -OCH3 is 2. The van der Waals surface area contributed by atoms with Crippen molar-refractivity contribution in [2.75, 3.05) is 19.5 Å². The van der Waals surface area contributed by atoms with E-state index < -0.39 is 12.1 Å². The van der Waals surface area contributed by atoms with Crippen molar-refractivity contribution < 1.29 is 23.8 Å². The molecule has 1 amide bonds. The molecule has 6 nitrogen and oxygen atoms in total. The fourth-order valence-electron chi connectivity index (χ4n) is 2.47. The van der Waals surface area contributed by atoms with E-state index in [2.05, 4.69) is 5.32 Å². The monoisotopic (exact) mass is 371 g/mol. The van der Waals surface area contributed by atoms with Gasteiger partial charge in [-0.25, -0.2) is 0 Å². The van der Waals surface area contributed by atoms with E-state index in [-0.39, 0.29) is 18.2 Å². The van der Waals surface area contributed by atoms with Gasteiger partial charge in [0, 0.05) is 5.69 Å². The summed E-state index contributed by atoms with van der Waals surface area (Å²) in [7, 11) is 3.16. The van der Waals surface area contributed by atoms with Gasteiger partial charge in [-0.3, -0.25) is 9.59 Å². The molecule has 144 valence electrons. The number of carbonyl (C=O) groups is 2. The molecular weight excluding hydrogens is 346 g/mol. The molecule has 0 unspecified atom stereocenters. The van der Waals surface area contributed by atoms with Crippen LogP contribution in [0.1, 0.15) is 19.4 Å². The SMILES string of the molecule is COc1ccc(CC(=O)O[C@@H](C(=O)Nc2ccc(OC)cc2)C(C)C)cc1. The zero-order chi connectivity index (χ0) is 19.8. The average Bonchev–Trinajstić information content (AvgIpc) is 2.67. The van der Waals surface area contributed by atoms with Crippen LogP contribution in [0.25, 0.3) is 0 Å². The van der Waals surface area contributed by atoms with Gasteiger partial charge < -0.3 is 19.5 Å². The second-order valence-electron chi connectivity index (χ2n) is 6.40. The van der Waals surface area contributed by atoms with Crippen LogP contribution in [0.15, 0.2) is 48.5 Å². The van der Waals surface area contributed by atoms with Crippen LogP contribution in [-0.4, -0.2) is 32.2 Å². The number of ether oxygens (including phenoxy) is 3. The van der Waals surface area contributed by atoms with Crippen molar-refractivity contribution in [2.45, 2.75) is 26.4 Å². The molecule has 0 saturated carbocycles. The van der Waals surface area contributed by atoms with Crippen molar-refractivity contribution in [2.24, 2.45) is 5.92 Å². The summed E-state index contributed by atoms with van der Waals surface area (Å²) in [5, 5.41) is 2.77. The van der Waals surface area contributed by atoms with Gasteiger partial charge in [-0.2, -0.15) is 0 Å². The van der Waals surface area contributed by atoms with Gasteiger partial charge in [0.15, 0.2) is 6.10 Å². The summed E-state index contributed by atoms with van der Waals surface area (Å²) in [4.78, 5) is 24.8. The number of rotatable bonds is 8. The highest BCUT2D eigenvalue weighted by atomic mass is 16.5. The molecule has 2 aromatic carbocycles. The summed E-state index contributed by atoms with van der Waals surface area (Å²) in [5.74, 6) is 0.426. The Morgan fingerprint density at radius 3 is 1.89 bits per heavy atom. The third-order valence-corrected chi connectivity index (χ3v) is 3.99. The first-order valence-corrected chi connectivity index (χ1v) is 8.70. The first-order chi connectivity index (χ1) is 12.9. The molecule has 0 radical (unpaired) electrons. The van der Waals surface area contributed by atoms with Gasteiger partial charge in [-0.15, -0.1) is 0 Å². The molecule has 0 heterocycles. The third kappa shape index (κ3) is 6.02. The Balaban J connectivity index is 1.97. The number of anilines is 1. The largest absolute Gasteiger partial charge is 0.497 e. The lowest BCUT2D eigenvalue weighted by atomic mass is 10.1. The molecule has 0 aliphatic carbocycles. The summed E-state index contributed by atoms with van der Waals surface area (Å²) in [5.41, 5.74) is 1.40. The van der Waals surface area contributed by atoms with Crippen LogP contribution in [0.3, 0.4) is 0 Å². The second kappa shape index (κ2) is 9.62. The Bertz CT molecular complexity index is 753. The highest BCUT2D eigenvalue weighted by molar-refractivity contribution is 5.95. The predicted molar refractivity (Wildman–Crippen MR) is 103 cm³/mol. The van der Waals surface area contributed by atoms with Gasteiger partial charge in [0.05, 0.1) is 20.6 Å². The zero-order valence-electron chi connectivity index (χ0n) is 16.0. The molecule has 1 atom stereocenters. The Morgan fingerprint density at radius 2 is 1.41 bits per heavy atom. The van der Waals surface area contributed by atoms with E-state index in [1.54, 1.807) is 62.8 Å². The van der Waals surface area contributed by atoms with Gasteiger partial charge in [0.25, 0.3) is 5.91 Å². The molecule has 0 aliphatic rings. The molecule has 1 N–H and O–H groups in total. The summed E-state index contributed by atoms with van der Waals surface area (Å²) < 4.78 is 15.6. The number of nitrogens with one attached hydrogen (secondary N) is 1. The zero-order valence-corrected chi connectivity index (χ0v) is 16.0. The number of amides is 1. The van der Waals surface area contributed by atoms with Crippen molar-refractivity contribution in [1.82, 2.24) is 0 Å². The minimum absolute atomic E-state index is 0.0863. The molecule has 0 saturated heterocycles. The molecule has 0 fully saturated rings. The van der Waals surface area contributed by atoms with Crippen molar-refractivity contribution in [3.05, 3.63) is 54.1 Å². The molecule has 2 rings (SSSR count). The van der Waals surface area contributed by atoms with Crippen molar-refractivity contribution >= 4 is 17.6 Å². The first-order valence-electron chi connectivity index (χ1n) is 8.70. The van der Waals surface area contributed by atoms with Crippen LogP contribution in [-0.2, 0) is 20.7 Å². The summed E-state index contributed by atoms with van der Waals surface area (Å²) in [6, 6.07) is 14.1. The standard InChI is InChI=1S/C21H25NO5/c1-14(2)20(21(24)22-16-7-11-18(26-4)12-8-16)27-19(23)13-15-5-9-17(25-3)10-6-15/h5-12,14,20H,13H2,1-4H3,(H,22,24)/t20-/m1/s1. The lowest BCUT2D eigenvalue weighted by Gasteiger charge is -2.21. The highest BCUT2D eigenvalue weighted by Crippen LogP contribution is 2.18. The fourth-order valence-corrected chi connectivity index (χ4v) is 2.47. The lowest BCUT2D eigenvalue weighted by molar-refractivity contribution is -0.156. The van der Waals surface area contributed by atoms with E-state index in [0.717, 1.165) is 5.56 Å². The summed E-state index contributed by atoms with van der Waals surface area (Å²) in [6.45, 7) is 3.66. The molecule has 2 aromatic rings. The van der Waals surface area contributed by atoms with E-state index in [0.29, 0.717) is 17.2 Å². The quantitative estimate of drug-likeness (QED) is 0.720. The van der Waals surface area contributed by atoms with Gasteiger partial charge in [-0.05, 0) is 47.9 Å². The molecule has 0 aliphatic heterocycles. The van der Waals surface area contributed by atoms with Crippen LogP contribution in [0.4, 0.5) is 5.69 Å².